The highest BCUT2D eigenvalue weighted by molar-refractivity contribution is 9.10. The Morgan fingerprint density at radius 3 is 2.38 bits per heavy atom. The van der Waals surface area contributed by atoms with Gasteiger partial charge in [-0.2, -0.15) is 0 Å². The molecule has 0 heterocycles. The van der Waals surface area contributed by atoms with Crippen LogP contribution in [0.3, 0.4) is 0 Å². The molecule has 21 heavy (non-hydrogen) atoms. The summed E-state index contributed by atoms with van der Waals surface area (Å²) in [5.74, 6) is -1.00. The second-order valence-corrected chi connectivity index (χ2v) is 5.98. The van der Waals surface area contributed by atoms with Gasteiger partial charge in [0.1, 0.15) is 11.6 Å². The standard InChI is InChI=1S/C17H18BrF2N/c1-3-21-17(9-12-4-6-13(18)7-5-12)14-8-11(2)15(19)10-16(14)20/h4-8,10,17,21H,3,9H2,1-2H3. The third-order valence-corrected chi connectivity index (χ3v) is 3.99. The Kier molecular flexibility index (Phi) is 5.48. The highest BCUT2D eigenvalue weighted by Gasteiger charge is 2.17. The minimum Gasteiger partial charge on any atom is -0.310 e. The minimum atomic E-state index is -0.504. The van der Waals surface area contributed by atoms with Crippen molar-refractivity contribution in [3.8, 4) is 0 Å². The monoisotopic (exact) mass is 353 g/mol. The molecule has 4 heteroatoms. The van der Waals surface area contributed by atoms with Gasteiger partial charge in [0, 0.05) is 22.1 Å². The van der Waals surface area contributed by atoms with E-state index in [0.717, 1.165) is 22.6 Å². The summed E-state index contributed by atoms with van der Waals surface area (Å²) in [6, 6.07) is 10.3. The van der Waals surface area contributed by atoms with Crippen LogP contribution in [-0.4, -0.2) is 6.54 Å². The van der Waals surface area contributed by atoms with Crippen LogP contribution in [0.5, 0.6) is 0 Å². The molecule has 1 atom stereocenters. The molecule has 1 unspecified atom stereocenters. The maximum absolute atomic E-state index is 14.1. The van der Waals surface area contributed by atoms with E-state index in [-0.39, 0.29) is 6.04 Å². The van der Waals surface area contributed by atoms with Crippen molar-refractivity contribution in [1.29, 1.82) is 0 Å². The largest absolute Gasteiger partial charge is 0.310 e. The molecule has 0 fully saturated rings. The molecule has 2 aromatic carbocycles. The lowest BCUT2D eigenvalue weighted by atomic mass is 9.97. The van der Waals surface area contributed by atoms with E-state index < -0.39 is 11.6 Å². The molecule has 0 radical (unpaired) electrons. The van der Waals surface area contributed by atoms with Gasteiger partial charge in [-0.1, -0.05) is 35.0 Å². The van der Waals surface area contributed by atoms with E-state index in [1.165, 1.54) is 0 Å². The first-order valence-corrected chi connectivity index (χ1v) is 7.74. The summed E-state index contributed by atoms with van der Waals surface area (Å²) in [5.41, 5.74) is 2.08. The van der Waals surface area contributed by atoms with Crippen molar-refractivity contribution in [2.75, 3.05) is 6.54 Å². The summed E-state index contributed by atoms with van der Waals surface area (Å²) in [5, 5.41) is 3.28. The van der Waals surface area contributed by atoms with E-state index in [1.807, 2.05) is 31.2 Å². The van der Waals surface area contributed by atoms with Gasteiger partial charge in [-0.15, -0.1) is 0 Å². The fourth-order valence-electron chi connectivity index (χ4n) is 2.34. The van der Waals surface area contributed by atoms with Gasteiger partial charge in [-0.05, 0) is 49.2 Å². The predicted octanol–water partition coefficient (Wildman–Crippen LogP) is 4.93. The Balaban J connectivity index is 2.30. The van der Waals surface area contributed by atoms with Crippen LogP contribution < -0.4 is 5.32 Å². The number of benzene rings is 2. The molecule has 0 bridgehead atoms. The fourth-order valence-corrected chi connectivity index (χ4v) is 2.61. The van der Waals surface area contributed by atoms with Gasteiger partial charge in [0.05, 0.1) is 0 Å². The van der Waals surface area contributed by atoms with Crippen LogP contribution in [0.1, 0.15) is 29.7 Å². The SMILES string of the molecule is CCNC(Cc1ccc(Br)cc1)c1cc(C)c(F)cc1F. The number of nitrogens with one attached hydrogen (secondary N) is 1. The van der Waals surface area contributed by atoms with Crippen molar-refractivity contribution in [2.24, 2.45) is 0 Å². The average molecular weight is 354 g/mol. The smallest absolute Gasteiger partial charge is 0.130 e. The molecular formula is C17H18BrF2N. The molecule has 0 aliphatic heterocycles. The van der Waals surface area contributed by atoms with Crippen LogP contribution >= 0.6 is 15.9 Å². The molecule has 0 aromatic heterocycles. The first-order chi connectivity index (χ1) is 10.0. The summed E-state index contributed by atoms with van der Waals surface area (Å²) >= 11 is 3.40. The summed E-state index contributed by atoms with van der Waals surface area (Å²) in [7, 11) is 0. The Labute approximate surface area is 132 Å². The van der Waals surface area contributed by atoms with Crippen molar-refractivity contribution in [1.82, 2.24) is 5.32 Å². The molecule has 0 aliphatic rings. The Morgan fingerprint density at radius 2 is 1.76 bits per heavy atom. The molecule has 1 nitrogen and oxygen atoms in total. The molecule has 0 spiro atoms. The second kappa shape index (κ2) is 7.14. The first-order valence-electron chi connectivity index (χ1n) is 6.94. The first kappa shape index (κ1) is 16.1. The Bertz CT molecular complexity index is 611. The predicted molar refractivity (Wildman–Crippen MR) is 85.4 cm³/mol. The van der Waals surface area contributed by atoms with Crippen LogP contribution in [0.15, 0.2) is 40.9 Å². The molecule has 0 amide bonds. The van der Waals surface area contributed by atoms with Gasteiger partial charge in [0.15, 0.2) is 0 Å². The van der Waals surface area contributed by atoms with Crippen molar-refractivity contribution in [3.05, 3.63) is 69.2 Å². The Hall–Kier alpha value is -1.26. The summed E-state index contributed by atoms with van der Waals surface area (Å²) in [4.78, 5) is 0. The number of hydrogen-bond donors (Lipinski definition) is 1. The quantitative estimate of drug-likeness (QED) is 0.803. The van der Waals surface area contributed by atoms with Gasteiger partial charge < -0.3 is 5.32 Å². The molecule has 2 rings (SSSR count). The van der Waals surface area contributed by atoms with Crippen molar-refractivity contribution < 1.29 is 8.78 Å². The number of hydrogen-bond acceptors (Lipinski definition) is 1. The van der Waals surface area contributed by atoms with Crippen LogP contribution in [-0.2, 0) is 6.42 Å². The van der Waals surface area contributed by atoms with E-state index in [2.05, 4.69) is 21.2 Å². The van der Waals surface area contributed by atoms with E-state index in [1.54, 1.807) is 13.0 Å². The van der Waals surface area contributed by atoms with Crippen molar-refractivity contribution in [3.63, 3.8) is 0 Å². The minimum absolute atomic E-state index is 0.171. The van der Waals surface area contributed by atoms with E-state index in [0.29, 0.717) is 17.5 Å². The maximum Gasteiger partial charge on any atom is 0.130 e. The lowest BCUT2D eigenvalue weighted by molar-refractivity contribution is 0.500. The zero-order valence-electron chi connectivity index (χ0n) is 12.1. The van der Waals surface area contributed by atoms with Gasteiger partial charge in [-0.25, -0.2) is 8.78 Å². The molecule has 112 valence electrons. The van der Waals surface area contributed by atoms with Crippen LogP contribution in [0.2, 0.25) is 0 Å². The number of rotatable bonds is 5. The lowest BCUT2D eigenvalue weighted by Gasteiger charge is -2.20. The maximum atomic E-state index is 14.1. The van der Waals surface area contributed by atoms with Gasteiger partial charge in [-0.3, -0.25) is 0 Å². The fraction of sp³-hybridized carbons (Fsp3) is 0.294. The molecular weight excluding hydrogens is 336 g/mol. The Morgan fingerprint density at radius 1 is 1.10 bits per heavy atom. The molecule has 0 saturated heterocycles. The highest BCUT2D eigenvalue weighted by Crippen LogP contribution is 2.24. The average Bonchev–Trinajstić information content (AvgIpc) is 2.45. The molecule has 0 aliphatic carbocycles. The molecule has 1 N–H and O–H groups in total. The van der Waals surface area contributed by atoms with Crippen LogP contribution in [0.25, 0.3) is 0 Å². The van der Waals surface area contributed by atoms with Crippen LogP contribution in [0.4, 0.5) is 8.78 Å². The normalized spacial score (nSPS) is 12.4. The lowest BCUT2D eigenvalue weighted by Crippen LogP contribution is -2.24. The zero-order chi connectivity index (χ0) is 15.4. The number of halogens is 3. The second-order valence-electron chi connectivity index (χ2n) is 5.06. The summed E-state index contributed by atoms with van der Waals surface area (Å²) in [6.07, 6.45) is 0.656. The van der Waals surface area contributed by atoms with Gasteiger partial charge in [0.2, 0.25) is 0 Å². The highest BCUT2D eigenvalue weighted by atomic mass is 79.9. The van der Waals surface area contributed by atoms with E-state index >= 15 is 0 Å². The van der Waals surface area contributed by atoms with Gasteiger partial charge in [0.25, 0.3) is 0 Å². The van der Waals surface area contributed by atoms with E-state index in [4.69, 9.17) is 0 Å². The summed E-state index contributed by atoms with van der Waals surface area (Å²) < 4.78 is 28.5. The third-order valence-electron chi connectivity index (χ3n) is 3.46. The topological polar surface area (TPSA) is 12.0 Å². The molecule has 0 saturated carbocycles. The number of aryl methyl sites for hydroxylation is 1. The van der Waals surface area contributed by atoms with Crippen LogP contribution in [0, 0.1) is 18.6 Å². The summed E-state index contributed by atoms with van der Waals surface area (Å²) in [6.45, 7) is 4.35. The third kappa shape index (κ3) is 4.11. The zero-order valence-corrected chi connectivity index (χ0v) is 13.7. The number of likely N-dealkylation sites (N-methyl/N-ethyl adjacent to an activating group) is 1. The van der Waals surface area contributed by atoms with Gasteiger partial charge >= 0.3 is 0 Å². The van der Waals surface area contributed by atoms with E-state index in [9.17, 15) is 8.78 Å². The van der Waals surface area contributed by atoms with Crippen molar-refractivity contribution in [2.45, 2.75) is 26.3 Å². The molecule has 2 aromatic rings. The van der Waals surface area contributed by atoms with Crippen molar-refractivity contribution >= 4 is 15.9 Å².